The summed E-state index contributed by atoms with van der Waals surface area (Å²) in [5.41, 5.74) is 0.0777. The number of hydrogen-bond donors (Lipinski definition) is 2. The van der Waals surface area contributed by atoms with Crippen molar-refractivity contribution in [3.8, 4) is 5.13 Å². The predicted molar refractivity (Wildman–Crippen MR) is 122 cm³/mol. The Hall–Kier alpha value is -3.31. The lowest BCUT2D eigenvalue weighted by atomic mass is 9.98. The lowest BCUT2D eigenvalue weighted by Crippen LogP contribution is -2.54. The summed E-state index contributed by atoms with van der Waals surface area (Å²) in [6.45, 7) is 4.90. The van der Waals surface area contributed by atoms with E-state index in [9.17, 15) is 19.5 Å². The Labute approximate surface area is 192 Å². The van der Waals surface area contributed by atoms with Gasteiger partial charge in [0.05, 0.1) is 17.9 Å². The highest BCUT2D eigenvalue weighted by Crippen LogP contribution is 2.28. The third kappa shape index (κ3) is 3.98. The number of aromatic carboxylic acids is 1. The molecule has 0 spiro atoms. The molecule has 0 bridgehead atoms. The highest BCUT2D eigenvalue weighted by Gasteiger charge is 2.34. The normalized spacial score (nSPS) is 18.5. The number of carbonyl (C=O) groups excluding carboxylic acids is 1. The summed E-state index contributed by atoms with van der Waals surface area (Å²) in [7, 11) is 0. The van der Waals surface area contributed by atoms with Gasteiger partial charge in [-0.3, -0.25) is 14.2 Å². The summed E-state index contributed by atoms with van der Waals surface area (Å²) >= 11 is 1.32. The predicted octanol–water partition coefficient (Wildman–Crippen LogP) is 1.44. The van der Waals surface area contributed by atoms with Crippen LogP contribution < -0.4 is 15.6 Å². The molecule has 1 unspecified atom stereocenters. The number of fused-ring (bicyclic) bond motifs is 1. The quantitative estimate of drug-likeness (QED) is 0.555. The SMILES string of the molecule is Cc1cc(N2CC(C(=O)NCC3CCOC3)C2)nc2c1c(=O)c(C(=O)O)cn2-c1nccs1. The van der Waals surface area contributed by atoms with Gasteiger partial charge >= 0.3 is 5.97 Å². The maximum atomic E-state index is 12.9. The van der Waals surface area contributed by atoms with Crippen molar-refractivity contribution >= 4 is 40.1 Å². The van der Waals surface area contributed by atoms with Crippen LogP contribution in [0, 0.1) is 18.8 Å². The van der Waals surface area contributed by atoms with Crippen molar-refractivity contribution in [3.63, 3.8) is 0 Å². The third-order valence-electron chi connectivity index (χ3n) is 6.16. The molecule has 0 aromatic carbocycles. The van der Waals surface area contributed by atoms with E-state index in [0.717, 1.165) is 13.0 Å². The van der Waals surface area contributed by atoms with Crippen molar-refractivity contribution in [2.24, 2.45) is 11.8 Å². The molecule has 1 amide bonds. The fourth-order valence-electron chi connectivity index (χ4n) is 4.24. The second kappa shape index (κ2) is 8.56. The number of carboxylic acids is 1. The smallest absolute Gasteiger partial charge is 0.341 e. The summed E-state index contributed by atoms with van der Waals surface area (Å²) in [6, 6.07) is 1.77. The molecule has 0 radical (unpaired) electrons. The van der Waals surface area contributed by atoms with Crippen LogP contribution in [0.4, 0.5) is 5.82 Å². The lowest BCUT2D eigenvalue weighted by Gasteiger charge is -2.39. The first-order valence-corrected chi connectivity index (χ1v) is 11.6. The van der Waals surface area contributed by atoms with Gasteiger partial charge in [-0.2, -0.15) is 0 Å². The Morgan fingerprint density at radius 3 is 2.85 bits per heavy atom. The van der Waals surface area contributed by atoms with Gasteiger partial charge in [0.15, 0.2) is 10.8 Å². The number of aryl methyl sites for hydroxylation is 1. The van der Waals surface area contributed by atoms with Gasteiger partial charge in [0.1, 0.15) is 11.4 Å². The van der Waals surface area contributed by atoms with E-state index in [0.29, 0.717) is 54.3 Å². The molecule has 1 atom stereocenters. The van der Waals surface area contributed by atoms with E-state index in [4.69, 9.17) is 9.72 Å². The molecule has 2 aliphatic heterocycles. The van der Waals surface area contributed by atoms with Gasteiger partial charge in [-0.25, -0.2) is 14.8 Å². The lowest BCUT2D eigenvalue weighted by molar-refractivity contribution is -0.125. The number of carboxylic acid groups (broad SMARTS) is 1. The molecule has 2 fully saturated rings. The van der Waals surface area contributed by atoms with Crippen molar-refractivity contribution in [3.05, 3.63) is 45.2 Å². The largest absolute Gasteiger partial charge is 0.477 e. The Morgan fingerprint density at radius 1 is 1.36 bits per heavy atom. The van der Waals surface area contributed by atoms with Gasteiger partial charge in [-0.05, 0) is 25.0 Å². The average Bonchev–Trinajstić information content (AvgIpc) is 3.45. The zero-order valence-electron chi connectivity index (χ0n) is 18.0. The topological polar surface area (TPSA) is 127 Å². The second-order valence-electron chi connectivity index (χ2n) is 8.43. The van der Waals surface area contributed by atoms with Crippen LogP contribution in [0.3, 0.4) is 0 Å². The number of aromatic nitrogens is 3. The number of ether oxygens (including phenoxy) is 1. The Balaban J connectivity index is 1.42. The summed E-state index contributed by atoms with van der Waals surface area (Å²) < 4.78 is 6.90. The molecule has 3 aromatic rings. The van der Waals surface area contributed by atoms with Crippen LogP contribution in [-0.2, 0) is 9.53 Å². The van der Waals surface area contributed by atoms with E-state index < -0.39 is 11.4 Å². The summed E-state index contributed by atoms with van der Waals surface area (Å²) in [5.74, 6) is -0.368. The third-order valence-corrected chi connectivity index (χ3v) is 6.93. The standard InChI is InChI=1S/C22H23N5O5S/c1-12-6-16(26-8-14(9-26)20(29)24-7-13-2-4-32-11-13)25-19-17(12)18(28)15(21(30)31)10-27(19)22-23-3-5-33-22/h3,5-6,10,13-14H,2,4,7-9,11H2,1H3,(H,24,29)(H,30,31). The number of rotatable bonds is 6. The monoisotopic (exact) mass is 469 g/mol. The Kier molecular flexibility index (Phi) is 5.59. The molecule has 2 N–H and O–H groups in total. The second-order valence-corrected chi connectivity index (χ2v) is 9.31. The van der Waals surface area contributed by atoms with Crippen molar-refractivity contribution in [1.82, 2.24) is 19.9 Å². The summed E-state index contributed by atoms with van der Waals surface area (Å²) in [6.07, 6.45) is 3.86. The molecule has 0 saturated carbocycles. The molecule has 3 aromatic heterocycles. The first-order valence-electron chi connectivity index (χ1n) is 10.7. The number of carbonyl (C=O) groups is 2. The van der Waals surface area contributed by atoms with Gasteiger partial charge in [-0.15, -0.1) is 11.3 Å². The summed E-state index contributed by atoms with van der Waals surface area (Å²) in [4.78, 5) is 48.0. The number of thiazole rings is 1. The maximum Gasteiger partial charge on any atom is 0.341 e. The van der Waals surface area contributed by atoms with Crippen molar-refractivity contribution in [1.29, 1.82) is 0 Å². The number of nitrogens with one attached hydrogen (secondary N) is 1. The Morgan fingerprint density at radius 2 is 2.18 bits per heavy atom. The molecule has 5 rings (SSSR count). The van der Waals surface area contributed by atoms with Crippen LogP contribution in [0.2, 0.25) is 0 Å². The van der Waals surface area contributed by atoms with Crippen LogP contribution in [0.25, 0.3) is 16.2 Å². The molecule has 10 nitrogen and oxygen atoms in total. The molecule has 2 aliphatic rings. The van der Waals surface area contributed by atoms with Crippen LogP contribution in [-0.4, -0.2) is 64.4 Å². The number of hydrogen-bond acceptors (Lipinski definition) is 8. The minimum Gasteiger partial charge on any atom is -0.477 e. The number of nitrogens with zero attached hydrogens (tertiary/aromatic N) is 4. The van der Waals surface area contributed by atoms with Crippen LogP contribution in [0.1, 0.15) is 22.3 Å². The van der Waals surface area contributed by atoms with Crippen molar-refractivity contribution in [2.45, 2.75) is 13.3 Å². The van der Waals surface area contributed by atoms with Crippen LogP contribution in [0.5, 0.6) is 0 Å². The molecule has 2 saturated heterocycles. The highest BCUT2D eigenvalue weighted by atomic mass is 32.1. The van der Waals surface area contributed by atoms with E-state index in [2.05, 4.69) is 10.3 Å². The molecule has 0 aliphatic carbocycles. The Bertz CT molecular complexity index is 1280. The highest BCUT2D eigenvalue weighted by molar-refractivity contribution is 7.12. The number of pyridine rings is 2. The zero-order valence-corrected chi connectivity index (χ0v) is 18.8. The number of anilines is 1. The first-order chi connectivity index (χ1) is 15.9. The molecular weight excluding hydrogens is 446 g/mol. The fraction of sp³-hybridized carbons (Fsp3) is 0.409. The van der Waals surface area contributed by atoms with E-state index >= 15 is 0 Å². The zero-order chi connectivity index (χ0) is 23.1. The number of amides is 1. The average molecular weight is 470 g/mol. The summed E-state index contributed by atoms with van der Waals surface area (Å²) in [5, 5.41) is 15.1. The molecule has 5 heterocycles. The van der Waals surface area contributed by atoms with E-state index in [1.807, 2.05) is 4.90 Å². The van der Waals surface area contributed by atoms with Gasteiger partial charge in [0.25, 0.3) is 0 Å². The van der Waals surface area contributed by atoms with Gasteiger partial charge in [0, 0.05) is 49.9 Å². The molecular formula is C22H23N5O5S. The molecule has 11 heteroatoms. The van der Waals surface area contributed by atoms with Crippen LogP contribution in [0.15, 0.2) is 28.6 Å². The molecule has 33 heavy (non-hydrogen) atoms. The van der Waals surface area contributed by atoms with E-state index in [1.54, 1.807) is 29.1 Å². The van der Waals surface area contributed by atoms with E-state index in [1.165, 1.54) is 17.5 Å². The fourth-order valence-corrected chi connectivity index (χ4v) is 4.86. The minimum absolute atomic E-state index is 0.0291. The minimum atomic E-state index is -1.29. The van der Waals surface area contributed by atoms with Crippen molar-refractivity contribution in [2.75, 3.05) is 37.7 Å². The first kappa shape index (κ1) is 21.5. The maximum absolute atomic E-state index is 12.9. The van der Waals surface area contributed by atoms with Crippen molar-refractivity contribution < 1.29 is 19.4 Å². The van der Waals surface area contributed by atoms with Crippen LogP contribution >= 0.6 is 11.3 Å². The van der Waals surface area contributed by atoms with E-state index in [-0.39, 0.29) is 22.8 Å². The molecule has 172 valence electrons. The van der Waals surface area contributed by atoms with Gasteiger partial charge in [-0.1, -0.05) is 0 Å². The van der Waals surface area contributed by atoms with Gasteiger partial charge < -0.3 is 20.1 Å². The van der Waals surface area contributed by atoms with Gasteiger partial charge in [0.2, 0.25) is 11.3 Å².